The third-order valence-electron chi connectivity index (χ3n) is 9.98. The van der Waals surface area contributed by atoms with Crippen molar-refractivity contribution >= 4 is 32.8 Å². The van der Waals surface area contributed by atoms with E-state index in [0.717, 1.165) is 83.9 Å². The molecule has 0 spiro atoms. The molecule has 0 unspecified atom stereocenters. The molecule has 3 aromatic heterocycles. The first-order chi connectivity index (χ1) is 26.3. The van der Waals surface area contributed by atoms with Gasteiger partial charge in [0.15, 0.2) is 0 Å². The van der Waals surface area contributed by atoms with Crippen molar-refractivity contribution in [3.05, 3.63) is 194 Å². The molecule has 53 heavy (non-hydrogen) atoms. The smallest absolute Gasteiger partial charge is 0.116 e. The van der Waals surface area contributed by atoms with Crippen molar-refractivity contribution in [3.8, 4) is 61.8 Å². The summed E-state index contributed by atoms with van der Waals surface area (Å²) in [7, 11) is 0. The van der Waals surface area contributed by atoms with Crippen LogP contribution in [0.15, 0.2) is 194 Å². The van der Waals surface area contributed by atoms with Gasteiger partial charge in [0.1, 0.15) is 11.0 Å². The second-order valence-electron chi connectivity index (χ2n) is 13.2. The SMILES string of the molecule is c1ccc(-c2nc3c(-c4cccc(-n5c6ccccc6c6ccccc65)c4)nc(-c4ccccc4)c(-c4ccccc4)c3nc2-c2ccccc2)cc1. The number of fused-ring (bicyclic) bond motifs is 4. The van der Waals surface area contributed by atoms with E-state index in [1.807, 2.05) is 24.3 Å². The van der Waals surface area contributed by atoms with E-state index < -0.39 is 0 Å². The molecular weight excluding hydrogens is 645 g/mol. The Labute approximate surface area is 307 Å². The molecular formula is C49H32N4. The van der Waals surface area contributed by atoms with Crippen LogP contribution in [0.25, 0.3) is 94.7 Å². The molecule has 4 heteroatoms. The van der Waals surface area contributed by atoms with E-state index >= 15 is 0 Å². The van der Waals surface area contributed by atoms with E-state index in [1.54, 1.807) is 0 Å². The van der Waals surface area contributed by atoms with Crippen molar-refractivity contribution in [1.82, 2.24) is 19.5 Å². The first kappa shape index (κ1) is 30.6. The second kappa shape index (κ2) is 12.9. The molecule has 0 amide bonds. The zero-order valence-corrected chi connectivity index (χ0v) is 28.8. The van der Waals surface area contributed by atoms with Crippen LogP contribution in [0.3, 0.4) is 0 Å². The minimum Gasteiger partial charge on any atom is -0.309 e. The standard InChI is InChI=1S/C49H32N4/c1-5-18-33(19-6-1)43-44(34-20-7-2-8-21-34)50-47(49-48(43)51-45(35-22-9-3-10-23-35)46(52-49)36-24-11-4-12-25-36)37-26-17-27-38(32-37)53-41-30-15-13-28-39(41)40-29-14-16-31-42(40)53/h1-32H. The Bertz CT molecular complexity index is 2860. The van der Waals surface area contributed by atoms with Gasteiger partial charge < -0.3 is 4.57 Å². The summed E-state index contributed by atoms with van der Waals surface area (Å²) in [5, 5.41) is 2.45. The van der Waals surface area contributed by atoms with Gasteiger partial charge >= 0.3 is 0 Å². The third-order valence-corrected chi connectivity index (χ3v) is 9.98. The predicted octanol–water partition coefficient (Wildman–Crippen LogP) is 12.5. The van der Waals surface area contributed by atoms with Crippen molar-refractivity contribution in [2.24, 2.45) is 0 Å². The number of pyridine rings is 1. The highest BCUT2D eigenvalue weighted by atomic mass is 15.0. The average Bonchev–Trinajstić information content (AvgIpc) is 3.58. The fourth-order valence-corrected chi connectivity index (χ4v) is 7.58. The third kappa shape index (κ3) is 5.28. The molecule has 0 aliphatic rings. The van der Waals surface area contributed by atoms with Gasteiger partial charge in [-0.15, -0.1) is 0 Å². The summed E-state index contributed by atoms with van der Waals surface area (Å²) < 4.78 is 2.35. The van der Waals surface area contributed by atoms with E-state index in [-0.39, 0.29) is 0 Å². The monoisotopic (exact) mass is 676 g/mol. The van der Waals surface area contributed by atoms with Crippen LogP contribution in [0, 0.1) is 0 Å². The number of hydrogen-bond donors (Lipinski definition) is 0. The van der Waals surface area contributed by atoms with E-state index in [2.05, 4.69) is 174 Å². The van der Waals surface area contributed by atoms with Crippen molar-refractivity contribution < 1.29 is 0 Å². The van der Waals surface area contributed by atoms with Crippen molar-refractivity contribution in [3.63, 3.8) is 0 Å². The molecule has 10 rings (SSSR count). The Morgan fingerprint density at radius 3 is 1.28 bits per heavy atom. The maximum atomic E-state index is 5.62. The van der Waals surface area contributed by atoms with E-state index in [1.165, 1.54) is 10.8 Å². The maximum absolute atomic E-state index is 5.62. The van der Waals surface area contributed by atoms with Gasteiger partial charge in [-0.2, -0.15) is 0 Å². The molecule has 0 atom stereocenters. The largest absolute Gasteiger partial charge is 0.309 e. The lowest BCUT2D eigenvalue weighted by atomic mass is 9.94. The van der Waals surface area contributed by atoms with Gasteiger partial charge in [0, 0.05) is 44.3 Å². The molecule has 0 bridgehead atoms. The van der Waals surface area contributed by atoms with Crippen molar-refractivity contribution in [2.75, 3.05) is 0 Å². The summed E-state index contributed by atoms with van der Waals surface area (Å²) in [6.07, 6.45) is 0. The summed E-state index contributed by atoms with van der Waals surface area (Å²) in [4.78, 5) is 16.8. The molecule has 248 valence electrons. The molecule has 0 saturated carbocycles. The van der Waals surface area contributed by atoms with Crippen LogP contribution in [0.5, 0.6) is 0 Å². The molecule has 0 aliphatic heterocycles. The Kier molecular flexibility index (Phi) is 7.43. The zero-order chi connectivity index (χ0) is 35.1. The predicted molar refractivity (Wildman–Crippen MR) is 219 cm³/mol. The lowest BCUT2D eigenvalue weighted by molar-refractivity contribution is 1.18. The number of nitrogens with zero attached hydrogens (tertiary/aromatic N) is 4. The fraction of sp³-hybridized carbons (Fsp3) is 0. The molecule has 0 saturated heterocycles. The van der Waals surface area contributed by atoms with Crippen LogP contribution in [-0.2, 0) is 0 Å². The fourth-order valence-electron chi connectivity index (χ4n) is 7.58. The normalized spacial score (nSPS) is 11.4. The summed E-state index contributed by atoms with van der Waals surface area (Å²) in [6.45, 7) is 0. The minimum atomic E-state index is 0.751. The highest BCUT2D eigenvalue weighted by molar-refractivity contribution is 6.10. The maximum Gasteiger partial charge on any atom is 0.116 e. The second-order valence-corrected chi connectivity index (χ2v) is 13.2. The Morgan fingerprint density at radius 1 is 0.302 bits per heavy atom. The minimum absolute atomic E-state index is 0.751. The number of hydrogen-bond acceptors (Lipinski definition) is 3. The summed E-state index contributed by atoms with van der Waals surface area (Å²) in [6, 6.07) is 67.5. The van der Waals surface area contributed by atoms with Gasteiger partial charge in [-0.25, -0.2) is 15.0 Å². The van der Waals surface area contributed by atoms with Gasteiger partial charge in [-0.3, -0.25) is 0 Å². The molecule has 0 fully saturated rings. The molecule has 0 N–H and O–H groups in total. The summed E-state index contributed by atoms with van der Waals surface area (Å²) in [5.74, 6) is 0. The van der Waals surface area contributed by atoms with Crippen molar-refractivity contribution in [1.29, 1.82) is 0 Å². The van der Waals surface area contributed by atoms with Crippen molar-refractivity contribution in [2.45, 2.75) is 0 Å². The van der Waals surface area contributed by atoms with Gasteiger partial charge in [0.2, 0.25) is 0 Å². The quantitative estimate of drug-likeness (QED) is 0.176. The van der Waals surface area contributed by atoms with Gasteiger partial charge in [0.05, 0.1) is 33.8 Å². The topological polar surface area (TPSA) is 43.6 Å². The Morgan fingerprint density at radius 2 is 0.736 bits per heavy atom. The van der Waals surface area contributed by atoms with E-state index in [9.17, 15) is 0 Å². The molecule has 10 aromatic rings. The summed E-state index contributed by atoms with van der Waals surface area (Å²) in [5.41, 5.74) is 14.2. The summed E-state index contributed by atoms with van der Waals surface area (Å²) >= 11 is 0. The Hall–Kier alpha value is -7.17. The number of rotatable bonds is 6. The first-order valence-electron chi connectivity index (χ1n) is 17.9. The van der Waals surface area contributed by atoms with Crippen LogP contribution in [-0.4, -0.2) is 19.5 Å². The highest BCUT2D eigenvalue weighted by Gasteiger charge is 2.24. The lowest BCUT2D eigenvalue weighted by Gasteiger charge is -2.19. The lowest BCUT2D eigenvalue weighted by Crippen LogP contribution is -2.03. The Balaban J connectivity index is 1.33. The molecule has 4 nitrogen and oxygen atoms in total. The van der Waals surface area contributed by atoms with Crippen LogP contribution in [0.2, 0.25) is 0 Å². The van der Waals surface area contributed by atoms with Crippen LogP contribution in [0.4, 0.5) is 0 Å². The molecule has 0 radical (unpaired) electrons. The number of para-hydroxylation sites is 2. The molecule has 3 heterocycles. The van der Waals surface area contributed by atoms with Gasteiger partial charge in [-0.05, 0) is 29.8 Å². The molecule has 0 aliphatic carbocycles. The van der Waals surface area contributed by atoms with Crippen LogP contribution in [0.1, 0.15) is 0 Å². The zero-order valence-electron chi connectivity index (χ0n) is 28.8. The van der Waals surface area contributed by atoms with E-state index in [4.69, 9.17) is 15.0 Å². The number of aromatic nitrogens is 4. The first-order valence-corrected chi connectivity index (χ1v) is 17.9. The van der Waals surface area contributed by atoms with Crippen LogP contribution < -0.4 is 0 Å². The van der Waals surface area contributed by atoms with Crippen LogP contribution >= 0.6 is 0 Å². The number of benzene rings is 7. The van der Waals surface area contributed by atoms with Gasteiger partial charge in [-0.1, -0.05) is 170 Å². The average molecular weight is 677 g/mol. The van der Waals surface area contributed by atoms with Gasteiger partial charge in [0.25, 0.3) is 0 Å². The highest BCUT2D eigenvalue weighted by Crippen LogP contribution is 2.43. The van der Waals surface area contributed by atoms with E-state index in [0.29, 0.717) is 0 Å². The molecule has 7 aromatic carbocycles.